The van der Waals surface area contributed by atoms with Gasteiger partial charge in [-0.2, -0.15) is 18.3 Å². The molecule has 0 spiro atoms. The maximum atomic E-state index is 12.9. The minimum Gasteiger partial charge on any atom is -0.454 e. The largest absolute Gasteiger partial charge is 0.454 e. The number of hydrogen-bond donors (Lipinski definition) is 0. The van der Waals surface area contributed by atoms with Crippen molar-refractivity contribution >= 4 is 5.91 Å². The van der Waals surface area contributed by atoms with Gasteiger partial charge in [-0.1, -0.05) is 6.07 Å². The van der Waals surface area contributed by atoms with Crippen LogP contribution in [0.5, 0.6) is 11.5 Å². The number of alkyl halides is 3. The van der Waals surface area contributed by atoms with Crippen molar-refractivity contribution in [2.45, 2.75) is 12.7 Å². The maximum absolute atomic E-state index is 12.9. The van der Waals surface area contributed by atoms with Crippen LogP contribution in [0.4, 0.5) is 13.2 Å². The van der Waals surface area contributed by atoms with Gasteiger partial charge in [-0.25, -0.2) is 0 Å². The molecule has 0 N–H and O–H groups in total. The van der Waals surface area contributed by atoms with Gasteiger partial charge in [0.25, 0.3) is 5.91 Å². The zero-order chi connectivity index (χ0) is 19.9. The van der Waals surface area contributed by atoms with Crippen molar-refractivity contribution in [2.75, 3.05) is 33.0 Å². The Morgan fingerprint density at radius 1 is 1.11 bits per heavy atom. The van der Waals surface area contributed by atoms with Crippen LogP contribution in [0.15, 0.2) is 24.3 Å². The molecule has 2 aromatic rings. The van der Waals surface area contributed by atoms with E-state index in [9.17, 15) is 18.0 Å². The molecule has 1 amide bonds. The van der Waals surface area contributed by atoms with Gasteiger partial charge >= 0.3 is 6.18 Å². The lowest BCUT2D eigenvalue weighted by Crippen LogP contribution is -2.48. The summed E-state index contributed by atoms with van der Waals surface area (Å²) in [7, 11) is 1.18. The minimum atomic E-state index is -4.54. The molecular weight excluding hydrogens is 377 g/mol. The Hall–Kier alpha value is -2.75. The number of rotatable bonds is 3. The summed E-state index contributed by atoms with van der Waals surface area (Å²) < 4.78 is 50.1. The summed E-state index contributed by atoms with van der Waals surface area (Å²) in [5.41, 5.74) is -0.0417. The zero-order valence-corrected chi connectivity index (χ0v) is 15.2. The van der Waals surface area contributed by atoms with E-state index in [1.54, 1.807) is 4.90 Å². The van der Waals surface area contributed by atoms with Crippen LogP contribution >= 0.6 is 0 Å². The van der Waals surface area contributed by atoms with Gasteiger partial charge in [0.05, 0.1) is 0 Å². The van der Waals surface area contributed by atoms with E-state index in [4.69, 9.17) is 9.47 Å². The Morgan fingerprint density at radius 2 is 1.82 bits per heavy atom. The number of hydrogen-bond acceptors (Lipinski definition) is 5. The molecule has 0 bridgehead atoms. The molecule has 150 valence electrons. The van der Waals surface area contributed by atoms with E-state index in [1.807, 2.05) is 18.2 Å². The average Bonchev–Trinajstić information content (AvgIpc) is 3.27. The fourth-order valence-corrected chi connectivity index (χ4v) is 3.41. The van der Waals surface area contributed by atoms with Crippen LogP contribution in [0, 0.1) is 0 Å². The van der Waals surface area contributed by atoms with E-state index < -0.39 is 17.8 Å². The molecule has 28 heavy (non-hydrogen) atoms. The summed E-state index contributed by atoms with van der Waals surface area (Å²) in [6.45, 7) is 3.03. The number of nitrogens with zero attached hydrogens (tertiary/aromatic N) is 4. The summed E-state index contributed by atoms with van der Waals surface area (Å²) in [6, 6.07) is 6.59. The number of ether oxygens (including phenoxy) is 2. The summed E-state index contributed by atoms with van der Waals surface area (Å²) in [5, 5.41) is 3.74. The Labute approximate surface area is 159 Å². The Morgan fingerprint density at radius 3 is 2.50 bits per heavy atom. The van der Waals surface area contributed by atoms with Crippen LogP contribution in [0.3, 0.4) is 0 Å². The van der Waals surface area contributed by atoms with Gasteiger partial charge in [0.1, 0.15) is 5.69 Å². The molecule has 1 aromatic carbocycles. The van der Waals surface area contributed by atoms with Gasteiger partial charge in [-0.15, -0.1) is 0 Å². The lowest BCUT2D eigenvalue weighted by Gasteiger charge is -2.34. The number of aryl methyl sites for hydroxylation is 1. The van der Waals surface area contributed by atoms with E-state index in [-0.39, 0.29) is 12.5 Å². The molecule has 0 aliphatic carbocycles. The fourth-order valence-electron chi connectivity index (χ4n) is 3.41. The molecule has 2 aliphatic heterocycles. The van der Waals surface area contributed by atoms with E-state index in [1.165, 1.54) is 7.05 Å². The minimum absolute atomic E-state index is 0.181. The van der Waals surface area contributed by atoms with Gasteiger partial charge < -0.3 is 14.4 Å². The van der Waals surface area contributed by atoms with Crippen molar-refractivity contribution in [3.05, 3.63) is 41.2 Å². The first kappa shape index (κ1) is 18.6. The van der Waals surface area contributed by atoms with Crippen molar-refractivity contribution < 1.29 is 27.4 Å². The van der Waals surface area contributed by atoms with Crippen molar-refractivity contribution in [3.8, 4) is 11.5 Å². The monoisotopic (exact) mass is 396 g/mol. The molecule has 0 saturated carbocycles. The summed E-state index contributed by atoms with van der Waals surface area (Å²) >= 11 is 0. The molecule has 7 nitrogen and oxygen atoms in total. The molecule has 0 radical (unpaired) electrons. The molecule has 3 heterocycles. The highest BCUT2D eigenvalue weighted by Crippen LogP contribution is 2.33. The zero-order valence-electron chi connectivity index (χ0n) is 15.2. The quantitative estimate of drug-likeness (QED) is 0.796. The van der Waals surface area contributed by atoms with Crippen LogP contribution in [0.25, 0.3) is 0 Å². The summed E-state index contributed by atoms with van der Waals surface area (Å²) in [4.78, 5) is 16.2. The number of carbonyl (C=O) groups excluding carboxylic acids is 1. The number of carbonyl (C=O) groups is 1. The van der Waals surface area contributed by atoms with Gasteiger partial charge in [0.15, 0.2) is 17.2 Å². The molecule has 1 saturated heterocycles. The van der Waals surface area contributed by atoms with Crippen LogP contribution < -0.4 is 9.47 Å². The first-order chi connectivity index (χ1) is 13.3. The highest BCUT2D eigenvalue weighted by atomic mass is 19.4. The number of benzene rings is 1. The number of amides is 1. The van der Waals surface area contributed by atoms with Gasteiger partial charge in [-0.05, 0) is 17.7 Å². The Kier molecular flexibility index (Phi) is 4.66. The van der Waals surface area contributed by atoms with E-state index in [2.05, 4.69) is 10.00 Å². The predicted octanol–water partition coefficient (Wildman–Crippen LogP) is 2.13. The van der Waals surface area contributed by atoms with Crippen molar-refractivity contribution in [3.63, 3.8) is 0 Å². The normalized spacial score (nSPS) is 17.2. The molecule has 4 rings (SSSR count). The van der Waals surface area contributed by atoms with Crippen LogP contribution in [0.2, 0.25) is 0 Å². The lowest BCUT2D eigenvalue weighted by atomic mass is 10.1. The van der Waals surface area contributed by atoms with E-state index >= 15 is 0 Å². The van der Waals surface area contributed by atoms with Crippen molar-refractivity contribution in [2.24, 2.45) is 7.05 Å². The first-order valence-electron chi connectivity index (χ1n) is 8.82. The number of halogens is 3. The molecule has 10 heteroatoms. The Balaban J connectivity index is 1.36. The molecule has 2 aliphatic rings. The van der Waals surface area contributed by atoms with Crippen molar-refractivity contribution in [1.82, 2.24) is 19.6 Å². The molecule has 0 atom stereocenters. The standard InChI is InChI=1S/C18H19F3N4O3/c1-23-16(18(19,20)21)9-13(22-23)17(26)25-6-4-24(5-7-25)10-12-2-3-14-15(8-12)28-11-27-14/h2-3,8-9H,4-7,10-11H2,1H3. The summed E-state index contributed by atoms with van der Waals surface area (Å²) in [5.74, 6) is 0.975. The van der Waals surface area contributed by atoms with Crippen molar-refractivity contribution in [1.29, 1.82) is 0 Å². The lowest BCUT2D eigenvalue weighted by molar-refractivity contribution is -0.143. The van der Waals surface area contributed by atoms with Crippen LogP contribution in [-0.2, 0) is 19.8 Å². The highest BCUT2D eigenvalue weighted by molar-refractivity contribution is 5.92. The second kappa shape index (κ2) is 7.01. The second-order valence-corrected chi connectivity index (χ2v) is 6.79. The average molecular weight is 396 g/mol. The molecule has 1 aromatic heterocycles. The number of fused-ring (bicyclic) bond motifs is 1. The molecule has 0 unspecified atom stereocenters. The van der Waals surface area contributed by atoms with Crippen LogP contribution in [0.1, 0.15) is 21.7 Å². The van der Waals surface area contributed by atoms with E-state index in [0.29, 0.717) is 37.4 Å². The topological polar surface area (TPSA) is 59.8 Å². The van der Waals surface area contributed by atoms with Crippen LogP contribution in [-0.4, -0.2) is 58.5 Å². The van der Waals surface area contributed by atoms with Gasteiger partial charge in [0.2, 0.25) is 6.79 Å². The Bertz CT molecular complexity index is 889. The predicted molar refractivity (Wildman–Crippen MR) is 92.0 cm³/mol. The second-order valence-electron chi connectivity index (χ2n) is 6.79. The third-order valence-corrected chi connectivity index (χ3v) is 4.89. The molecular formula is C18H19F3N4O3. The van der Waals surface area contributed by atoms with E-state index in [0.717, 1.165) is 23.1 Å². The first-order valence-corrected chi connectivity index (χ1v) is 8.82. The molecule has 1 fully saturated rings. The maximum Gasteiger partial charge on any atom is 0.433 e. The fraction of sp³-hybridized carbons (Fsp3) is 0.444. The highest BCUT2D eigenvalue weighted by Gasteiger charge is 2.36. The third kappa shape index (κ3) is 3.64. The van der Waals surface area contributed by atoms with Gasteiger partial charge in [0, 0.05) is 45.8 Å². The summed E-state index contributed by atoms with van der Waals surface area (Å²) in [6.07, 6.45) is -4.54. The third-order valence-electron chi connectivity index (χ3n) is 4.89. The van der Waals surface area contributed by atoms with Gasteiger partial charge in [-0.3, -0.25) is 14.4 Å². The smallest absolute Gasteiger partial charge is 0.433 e. The number of piperazine rings is 1. The number of aromatic nitrogens is 2. The SMILES string of the molecule is Cn1nc(C(=O)N2CCN(Cc3ccc4c(c3)OCO4)CC2)cc1C(F)(F)F.